The summed E-state index contributed by atoms with van der Waals surface area (Å²) in [5, 5.41) is 3.10. The second-order valence-corrected chi connectivity index (χ2v) is 10.9. The van der Waals surface area contributed by atoms with Crippen LogP contribution in [-0.4, -0.2) is 73.0 Å². The Morgan fingerprint density at radius 1 is 0.871 bits per heavy atom. The van der Waals surface area contributed by atoms with Gasteiger partial charge in [0.2, 0.25) is 17.7 Å². The molecule has 2 aliphatic heterocycles. The molecular weight excluding hydrogens is 394 g/mol. The monoisotopic (exact) mass is 431 g/mol. The number of morpholine rings is 1. The number of piperidine rings is 1. The zero-order valence-corrected chi connectivity index (χ0v) is 18.8. The Bertz CT molecular complexity index is 689. The van der Waals surface area contributed by atoms with Gasteiger partial charge in [0.1, 0.15) is 6.04 Å². The average Bonchev–Trinajstić information content (AvgIpc) is 2.78. The van der Waals surface area contributed by atoms with Gasteiger partial charge < -0.3 is 19.9 Å². The van der Waals surface area contributed by atoms with Gasteiger partial charge in [0, 0.05) is 37.5 Å². The molecule has 0 aromatic carbocycles. The predicted octanol–water partition coefficient (Wildman–Crippen LogP) is 1.80. The molecule has 3 amide bonds. The second kappa shape index (κ2) is 8.38. The molecule has 0 unspecified atom stereocenters. The van der Waals surface area contributed by atoms with Gasteiger partial charge in [-0.2, -0.15) is 0 Å². The van der Waals surface area contributed by atoms with Gasteiger partial charge in [-0.05, 0) is 76.0 Å². The summed E-state index contributed by atoms with van der Waals surface area (Å²) in [6.07, 6.45) is 8.37. The Kier molecular flexibility index (Phi) is 5.74. The van der Waals surface area contributed by atoms with Gasteiger partial charge in [0.05, 0.1) is 13.2 Å². The van der Waals surface area contributed by atoms with Crippen molar-refractivity contribution in [2.75, 3.05) is 39.4 Å². The van der Waals surface area contributed by atoms with E-state index < -0.39 is 6.04 Å². The van der Waals surface area contributed by atoms with E-state index in [9.17, 15) is 14.4 Å². The van der Waals surface area contributed by atoms with E-state index in [2.05, 4.69) is 5.32 Å². The molecule has 2 heterocycles. The SMILES string of the molecule is C[C@H](NC(=O)C12CC3CC(CC(C3)C1)C2)C(=O)N1CCC(C(=O)N2CCOCC2)CC1. The molecule has 6 aliphatic rings. The third-order valence-corrected chi connectivity index (χ3v) is 8.72. The smallest absolute Gasteiger partial charge is 0.244 e. The third-order valence-electron chi connectivity index (χ3n) is 8.72. The molecule has 172 valence electrons. The zero-order valence-electron chi connectivity index (χ0n) is 18.8. The van der Waals surface area contributed by atoms with Crippen LogP contribution < -0.4 is 5.32 Å². The van der Waals surface area contributed by atoms with E-state index in [1.165, 1.54) is 19.3 Å². The molecule has 1 atom stereocenters. The number of ether oxygens (including phenoxy) is 1. The van der Waals surface area contributed by atoms with Crippen molar-refractivity contribution in [3.63, 3.8) is 0 Å². The first-order chi connectivity index (χ1) is 14.9. The average molecular weight is 432 g/mol. The number of likely N-dealkylation sites (tertiary alicyclic amines) is 1. The standard InChI is InChI=1S/C24H37N3O4/c1-16(25-23(30)24-13-17-10-18(14-24)12-19(11-17)15-24)21(28)26-4-2-20(3-5-26)22(29)27-6-8-31-9-7-27/h16-20H,2-15H2,1H3,(H,25,30)/t16-,17?,18?,19?,24?/m0/s1. The van der Waals surface area contributed by atoms with Crippen LogP contribution in [0.15, 0.2) is 0 Å². The van der Waals surface area contributed by atoms with Crippen molar-refractivity contribution in [3.05, 3.63) is 0 Å². The minimum Gasteiger partial charge on any atom is -0.378 e. The number of rotatable bonds is 4. The second-order valence-electron chi connectivity index (χ2n) is 10.9. The van der Waals surface area contributed by atoms with Crippen LogP contribution >= 0.6 is 0 Å². The molecule has 4 bridgehead atoms. The van der Waals surface area contributed by atoms with Gasteiger partial charge in [0.25, 0.3) is 0 Å². The Morgan fingerprint density at radius 3 is 1.97 bits per heavy atom. The fourth-order valence-corrected chi connectivity index (χ4v) is 7.46. The summed E-state index contributed by atoms with van der Waals surface area (Å²) in [6.45, 7) is 5.59. The lowest BCUT2D eigenvalue weighted by Gasteiger charge is -2.55. The van der Waals surface area contributed by atoms with Crippen molar-refractivity contribution in [1.29, 1.82) is 0 Å². The molecular formula is C24H37N3O4. The number of hydrogen-bond donors (Lipinski definition) is 1. The topological polar surface area (TPSA) is 79.0 Å². The highest BCUT2D eigenvalue weighted by Gasteiger charge is 2.54. The highest BCUT2D eigenvalue weighted by Crippen LogP contribution is 2.60. The lowest BCUT2D eigenvalue weighted by atomic mass is 9.49. The molecule has 7 heteroatoms. The maximum Gasteiger partial charge on any atom is 0.244 e. The highest BCUT2D eigenvalue weighted by molar-refractivity contribution is 5.90. The molecule has 0 spiro atoms. The fraction of sp³-hybridized carbons (Fsp3) is 0.875. The molecule has 0 radical (unpaired) electrons. The van der Waals surface area contributed by atoms with Crippen LogP contribution in [0.3, 0.4) is 0 Å². The first-order valence-electron chi connectivity index (χ1n) is 12.4. The van der Waals surface area contributed by atoms with Gasteiger partial charge in [-0.25, -0.2) is 0 Å². The largest absolute Gasteiger partial charge is 0.378 e. The highest BCUT2D eigenvalue weighted by atomic mass is 16.5. The Balaban J connectivity index is 1.12. The minimum absolute atomic E-state index is 0.000859. The lowest BCUT2D eigenvalue weighted by molar-refractivity contribution is -0.150. The summed E-state index contributed by atoms with van der Waals surface area (Å²) < 4.78 is 5.34. The third kappa shape index (κ3) is 4.10. The van der Waals surface area contributed by atoms with Crippen LogP contribution in [-0.2, 0) is 19.1 Å². The molecule has 7 nitrogen and oxygen atoms in total. The summed E-state index contributed by atoms with van der Waals surface area (Å²) in [5.41, 5.74) is -0.221. The van der Waals surface area contributed by atoms with E-state index in [-0.39, 0.29) is 29.1 Å². The number of carbonyl (C=O) groups excluding carboxylic acids is 3. The van der Waals surface area contributed by atoms with Crippen LogP contribution in [0, 0.1) is 29.1 Å². The molecule has 0 aromatic heterocycles. The Labute approximate surface area is 185 Å². The molecule has 2 saturated heterocycles. The lowest BCUT2D eigenvalue weighted by Crippen LogP contribution is -2.57. The van der Waals surface area contributed by atoms with Crippen molar-refractivity contribution in [2.24, 2.45) is 29.1 Å². The van der Waals surface area contributed by atoms with Crippen LogP contribution in [0.5, 0.6) is 0 Å². The van der Waals surface area contributed by atoms with E-state index in [1.54, 1.807) is 0 Å². The molecule has 1 N–H and O–H groups in total. The summed E-state index contributed by atoms with van der Waals surface area (Å²) in [7, 11) is 0. The van der Waals surface area contributed by atoms with Gasteiger partial charge >= 0.3 is 0 Å². The minimum atomic E-state index is -0.494. The van der Waals surface area contributed by atoms with Crippen molar-refractivity contribution in [3.8, 4) is 0 Å². The molecule has 0 aromatic rings. The van der Waals surface area contributed by atoms with Crippen LogP contribution in [0.2, 0.25) is 0 Å². The fourth-order valence-electron chi connectivity index (χ4n) is 7.46. The molecule has 4 saturated carbocycles. The van der Waals surface area contributed by atoms with Crippen molar-refractivity contribution in [1.82, 2.24) is 15.1 Å². The van der Waals surface area contributed by atoms with Crippen molar-refractivity contribution in [2.45, 2.75) is 64.3 Å². The first-order valence-corrected chi connectivity index (χ1v) is 12.4. The molecule has 6 rings (SSSR count). The normalized spacial score (nSPS) is 36.4. The Hall–Kier alpha value is -1.63. The first kappa shape index (κ1) is 21.2. The summed E-state index contributed by atoms with van der Waals surface area (Å²) in [6, 6.07) is -0.494. The van der Waals surface area contributed by atoms with Crippen LogP contribution in [0.1, 0.15) is 58.3 Å². The van der Waals surface area contributed by atoms with E-state index in [4.69, 9.17) is 4.74 Å². The number of nitrogens with one attached hydrogen (secondary N) is 1. The quantitative estimate of drug-likeness (QED) is 0.736. The van der Waals surface area contributed by atoms with Crippen LogP contribution in [0.25, 0.3) is 0 Å². The zero-order chi connectivity index (χ0) is 21.6. The number of hydrogen-bond acceptors (Lipinski definition) is 4. The number of nitrogens with zero attached hydrogens (tertiary/aromatic N) is 2. The molecule has 6 fully saturated rings. The predicted molar refractivity (Wildman–Crippen MR) is 115 cm³/mol. The van der Waals surface area contributed by atoms with E-state index in [1.807, 2.05) is 16.7 Å². The Morgan fingerprint density at radius 2 is 1.42 bits per heavy atom. The maximum absolute atomic E-state index is 13.3. The number of amides is 3. The number of carbonyl (C=O) groups is 3. The van der Waals surface area contributed by atoms with Gasteiger partial charge in [0.15, 0.2) is 0 Å². The van der Waals surface area contributed by atoms with Gasteiger partial charge in [-0.15, -0.1) is 0 Å². The summed E-state index contributed by atoms with van der Waals surface area (Å²) >= 11 is 0. The van der Waals surface area contributed by atoms with Gasteiger partial charge in [-0.1, -0.05) is 0 Å². The van der Waals surface area contributed by atoms with Crippen molar-refractivity contribution < 1.29 is 19.1 Å². The summed E-state index contributed by atoms with van der Waals surface area (Å²) in [5.74, 6) is 2.46. The van der Waals surface area contributed by atoms with Gasteiger partial charge in [-0.3, -0.25) is 14.4 Å². The van der Waals surface area contributed by atoms with E-state index >= 15 is 0 Å². The molecule has 31 heavy (non-hydrogen) atoms. The maximum atomic E-state index is 13.3. The summed E-state index contributed by atoms with van der Waals surface area (Å²) in [4.78, 5) is 42.8. The van der Waals surface area contributed by atoms with E-state index in [0.29, 0.717) is 70.0 Å². The van der Waals surface area contributed by atoms with Crippen LogP contribution in [0.4, 0.5) is 0 Å². The van der Waals surface area contributed by atoms with E-state index in [0.717, 1.165) is 19.3 Å². The molecule has 4 aliphatic carbocycles. The van der Waals surface area contributed by atoms with Crippen molar-refractivity contribution >= 4 is 17.7 Å².